The molecule has 1 rings (SSSR count). The molecule has 0 aliphatic rings. The molecular formula is C13H16FNO3S. The Hall–Kier alpha value is -1.42. The first-order valence-corrected chi connectivity index (χ1v) is 7.38. The third kappa shape index (κ3) is 4.63. The zero-order valence-corrected chi connectivity index (χ0v) is 11.4. The van der Waals surface area contributed by atoms with Gasteiger partial charge in [-0.25, -0.2) is 17.5 Å². The standard InChI is InChI=1S/C13H16FNO3S/c1-2-8-15-19(17,18)12-7-6-11(13(14)10-12)5-3-4-9-16/h6-7,10,15-16H,2,4,8-9H2,1H3. The summed E-state index contributed by atoms with van der Waals surface area (Å²) in [5.74, 6) is 4.43. The minimum Gasteiger partial charge on any atom is -0.395 e. The van der Waals surface area contributed by atoms with E-state index in [0.717, 1.165) is 6.07 Å². The Morgan fingerprint density at radius 1 is 1.42 bits per heavy atom. The zero-order chi connectivity index (χ0) is 14.3. The maximum Gasteiger partial charge on any atom is 0.240 e. The summed E-state index contributed by atoms with van der Waals surface area (Å²) in [6.45, 7) is 2.05. The van der Waals surface area contributed by atoms with Gasteiger partial charge >= 0.3 is 0 Å². The lowest BCUT2D eigenvalue weighted by Gasteiger charge is -2.06. The molecule has 1 aromatic carbocycles. The van der Waals surface area contributed by atoms with Gasteiger partial charge in [-0.2, -0.15) is 0 Å². The van der Waals surface area contributed by atoms with Crippen molar-refractivity contribution in [3.05, 3.63) is 29.6 Å². The van der Waals surface area contributed by atoms with Gasteiger partial charge in [0.15, 0.2) is 0 Å². The number of hydrogen-bond donors (Lipinski definition) is 2. The highest BCUT2D eigenvalue weighted by Gasteiger charge is 2.14. The number of aliphatic hydroxyl groups excluding tert-OH is 1. The predicted octanol–water partition coefficient (Wildman–Crippen LogP) is 1.25. The summed E-state index contributed by atoms with van der Waals surface area (Å²) in [5, 5.41) is 8.56. The number of halogens is 1. The molecule has 2 N–H and O–H groups in total. The molecule has 6 heteroatoms. The molecule has 0 atom stereocenters. The average Bonchev–Trinajstić information content (AvgIpc) is 2.38. The van der Waals surface area contributed by atoms with Gasteiger partial charge in [-0.3, -0.25) is 0 Å². The van der Waals surface area contributed by atoms with E-state index in [4.69, 9.17) is 5.11 Å². The van der Waals surface area contributed by atoms with Gasteiger partial charge in [-0.05, 0) is 24.6 Å². The molecule has 0 radical (unpaired) electrons. The van der Waals surface area contributed by atoms with E-state index in [9.17, 15) is 12.8 Å². The molecule has 104 valence electrons. The summed E-state index contributed by atoms with van der Waals surface area (Å²) in [4.78, 5) is -0.119. The molecule has 0 unspecified atom stereocenters. The van der Waals surface area contributed by atoms with Gasteiger partial charge in [0.2, 0.25) is 10.0 Å². The number of sulfonamides is 1. The van der Waals surface area contributed by atoms with Crippen LogP contribution >= 0.6 is 0 Å². The molecule has 0 spiro atoms. The predicted molar refractivity (Wildman–Crippen MR) is 70.5 cm³/mol. The minimum atomic E-state index is -3.67. The van der Waals surface area contributed by atoms with E-state index in [1.165, 1.54) is 12.1 Å². The molecule has 4 nitrogen and oxygen atoms in total. The smallest absolute Gasteiger partial charge is 0.240 e. The van der Waals surface area contributed by atoms with Crippen LogP contribution in [0, 0.1) is 17.7 Å². The molecule has 0 amide bonds. The number of nitrogens with one attached hydrogen (secondary N) is 1. The van der Waals surface area contributed by atoms with E-state index in [1.807, 2.05) is 6.92 Å². The Morgan fingerprint density at radius 3 is 2.74 bits per heavy atom. The van der Waals surface area contributed by atoms with Crippen molar-refractivity contribution < 1.29 is 17.9 Å². The summed E-state index contributed by atoms with van der Waals surface area (Å²) >= 11 is 0. The van der Waals surface area contributed by atoms with E-state index in [-0.39, 0.29) is 23.5 Å². The topological polar surface area (TPSA) is 66.4 Å². The first kappa shape index (κ1) is 15.6. The van der Waals surface area contributed by atoms with Gasteiger partial charge < -0.3 is 5.11 Å². The van der Waals surface area contributed by atoms with Crippen molar-refractivity contribution in [2.24, 2.45) is 0 Å². The van der Waals surface area contributed by atoms with Crippen LogP contribution in [0.2, 0.25) is 0 Å². The molecule has 0 saturated carbocycles. The molecule has 1 aromatic rings. The van der Waals surface area contributed by atoms with Gasteiger partial charge in [0.1, 0.15) is 5.82 Å². The van der Waals surface area contributed by atoms with Crippen molar-refractivity contribution in [3.8, 4) is 11.8 Å². The largest absolute Gasteiger partial charge is 0.395 e. The second kappa shape index (κ2) is 7.24. The van der Waals surface area contributed by atoms with Crippen molar-refractivity contribution in [1.29, 1.82) is 0 Å². The van der Waals surface area contributed by atoms with Crippen LogP contribution in [0.15, 0.2) is 23.1 Å². The normalized spacial score (nSPS) is 10.9. The van der Waals surface area contributed by atoms with Gasteiger partial charge in [0.05, 0.1) is 17.1 Å². The van der Waals surface area contributed by atoms with Crippen LogP contribution < -0.4 is 4.72 Å². The van der Waals surface area contributed by atoms with Gasteiger partial charge in [-0.1, -0.05) is 18.8 Å². The molecular weight excluding hydrogens is 269 g/mol. The van der Waals surface area contributed by atoms with Crippen LogP contribution in [0.1, 0.15) is 25.3 Å². The molecule has 0 aromatic heterocycles. The number of benzene rings is 1. The molecule has 0 aliphatic carbocycles. The van der Waals surface area contributed by atoms with E-state index in [2.05, 4.69) is 16.6 Å². The van der Waals surface area contributed by atoms with E-state index in [1.54, 1.807) is 0 Å². The van der Waals surface area contributed by atoms with Crippen LogP contribution in [-0.4, -0.2) is 26.7 Å². The van der Waals surface area contributed by atoms with E-state index >= 15 is 0 Å². The molecule has 19 heavy (non-hydrogen) atoms. The van der Waals surface area contributed by atoms with Crippen molar-refractivity contribution in [2.45, 2.75) is 24.7 Å². The van der Waals surface area contributed by atoms with E-state index in [0.29, 0.717) is 13.0 Å². The monoisotopic (exact) mass is 285 g/mol. The molecule has 0 heterocycles. The van der Waals surface area contributed by atoms with Crippen LogP contribution in [-0.2, 0) is 10.0 Å². The van der Waals surface area contributed by atoms with Gasteiger partial charge in [-0.15, -0.1) is 0 Å². The number of rotatable bonds is 5. The van der Waals surface area contributed by atoms with Crippen LogP contribution in [0.3, 0.4) is 0 Å². The van der Waals surface area contributed by atoms with Gasteiger partial charge in [0.25, 0.3) is 0 Å². The van der Waals surface area contributed by atoms with Crippen LogP contribution in [0.4, 0.5) is 4.39 Å². The molecule has 0 bridgehead atoms. The summed E-state index contributed by atoms with van der Waals surface area (Å²) in [7, 11) is -3.67. The fraction of sp³-hybridized carbons (Fsp3) is 0.385. The Morgan fingerprint density at radius 2 is 2.16 bits per heavy atom. The van der Waals surface area contributed by atoms with Crippen molar-refractivity contribution >= 4 is 10.0 Å². The number of aliphatic hydroxyl groups is 1. The van der Waals surface area contributed by atoms with Crippen LogP contribution in [0.5, 0.6) is 0 Å². The average molecular weight is 285 g/mol. The highest BCUT2D eigenvalue weighted by atomic mass is 32.2. The molecule has 0 aliphatic heterocycles. The lowest BCUT2D eigenvalue weighted by Crippen LogP contribution is -2.24. The summed E-state index contributed by atoms with van der Waals surface area (Å²) in [6.07, 6.45) is 0.907. The summed E-state index contributed by atoms with van der Waals surface area (Å²) in [6, 6.07) is 3.57. The lowest BCUT2D eigenvalue weighted by atomic mass is 10.2. The fourth-order valence-electron chi connectivity index (χ4n) is 1.30. The van der Waals surface area contributed by atoms with Crippen molar-refractivity contribution in [3.63, 3.8) is 0 Å². The maximum atomic E-state index is 13.7. The highest BCUT2D eigenvalue weighted by molar-refractivity contribution is 7.89. The quantitative estimate of drug-likeness (QED) is 0.800. The van der Waals surface area contributed by atoms with Gasteiger partial charge in [0, 0.05) is 13.0 Å². The maximum absolute atomic E-state index is 13.7. The van der Waals surface area contributed by atoms with Crippen LogP contribution in [0.25, 0.3) is 0 Å². The third-order valence-electron chi connectivity index (χ3n) is 2.25. The first-order chi connectivity index (χ1) is 9.01. The number of hydrogen-bond acceptors (Lipinski definition) is 3. The highest BCUT2D eigenvalue weighted by Crippen LogP contribution is 2.14. The molecule has 0 saturated heterocycles. The van der Waals surface area contributed by atoms with Crippen molar-refractivity contribution in [2.75, 3.05) is 13.2 Å². The Bertz CT molecular complexity index is 588. The van der Waals surface area contributed by atoms with Crippen molar-refractivity contribution in [1.82, 2.24) is 4.72 Å². The SMILES string of the molecule is CCCNS(=O)(=O)c1ccc(C#CCCO)c(F)c1. The lowest BCUT2D eigenvalue weighted by molar-refractivity contribution is 0.305. The summed E-state index contributed by atoms with van der Waals surface area (Å²) in [5.41, 5.74) is 0.114. The second-order valence-corrected chi connectivity index (χ2v) is 5.58. The Labute approximate surface area is 112 Å². The zero-order valence-electron chi connectivity index (χ0n) is 10.6. The summed E-state index contributed by atoms with van der Waals surface area (Å²) < 4.78 is 39.6. The van der Waals surface area contributed by atoms with E-state index < -0.39 is 15.8 Å². The fourth-order valence-corrected chi connectivity index (χ4v) is 2.44. The third-order valence-corrected chi connectivity index (χ3v) is 3.71. The Balaban J connectivity index is 2.97. The molecule has 0 fully saturated rings. The Kier molecular flexibility index (Phi) is 5.96. The minimum absolute atomic E-state index is 0.0952. The second-order valence-electron chi connectivity index (χ2n) is 3.81. The first-order valence-electron chi connectivity index (χ1n) is 5.90.